The molecule has 0 saturated carbocycles. The van der Waals surface area contributed by atoms with Crippen molar-refractivity contribution in [2.75, 3.05) is 19.5 Å². The fourth-order valence-corrected chi connectivity index (χ4v) is 2.86. The van der Waals surface area contributed by atoms with Crippen molar-refractivity contribution in [2.24, 2.45) is 0 Å². The minimum absolute atomic E-state index is 0.274. The van der Waals surface area contributed by atoms with E-state index in [1.165, 1.54) is 20.3 Å². The van der Waals surface area contributed by atoms with Crippen LogP contribution in [0.5, 0.6) is 11.5 Å². The van der Waals surface area contributed by atoms with Crippen LogP contribution in [0.25, 0.3) is 0 Å². The molecule has 0 fully saturated rings. The maximum absolute atomic E-state index is 12.6. The highest BCUT2D eigenvalue weighted by molar-refractivity contribution is 5.95. The van der Waals surface area contributed by atoms with Gasteiger partial charge in [-0.1, -0.05) is 17.7 Å². The van der Waals surface area contributed by atoms with Gasteiger partial charge in [0.25, 0.3) is 5.91 Å². The molecular formula is C21H25NO5. The first-order chi connectivity index (χ1) is 12.8. The standard InChI is InChI=1S/C21H25NO5/c1-12-9-13(2)19(14(3)10-12)22-20(23)15(4)27-17-8-7-16(21(24)26-6)11-18(17)25-5/h7-11,15H,1-6H3,(H,22,23)/t15-/m0/s1. The number of benzene rings is 2. The monoisotopic (exact) mass is 371 g/mol. The second-order valence-electron chi connectivity index (χ2n) is 6.38. The number of esters is 1. The molecule has 1 amide bonds. The average molecular weight is 371 g/mol. The molecule has 0 radical (unpaired) electrons. The fourth-order valence-electron chi connectivity index (χ4n) is 2.86. The number of nitrogens with one attached hydrogen (secondary N) is 1. The van der Waals surface area contributed by atoms with Gasteiger partial charge in [0.05, 0.1) is 19.8 Å². The normalized spacial score (nSPS) is 11.5. The number of rotatable bonds is 6. The van der Waals surface area contributed by atoms with Crippen LogP contribution in [0.1, 0.15) is 34.0 Å². The van der Waals surface area contributed by atoms with E-state index in [1.54, 1.807) is 19.1 Å². The predicted octanol–water partition coefficient (Wildman–Crippen LogP) is 3.81. The second-order valence-corrected chi connectivity index (χ2v) is 6.38. The van der Waals surface area contributed by atoms with E-state index in [0.29, 0.717) is 17.1 Å². The molecule has 6 nitrogen and oxygen atoms in total. The maximum Gasteiger partial charge on any atom is 0.337 e. The molecule has 2 aromatic carbocycles. The minimum Gasteiger partial charge on any atom is -0.493 e. The number of carbonyl (C=O) groups excluding carboxylic acids is 2. The van der Waals surface area contributed by atoms with Crippen LogP contribution in [-0.4, -0.2) is 32.2 Å². The highest BCUT2D eigenvalue weighted by Crippen LogP contribution is 2.30. The number of methoxy groups -OCH3 is 2. The predicted molar refractivity (Wildman–Crippen MR) is 104 cm³/mol. The second kappa shape index (κ2) is 8.58. The van der Waals surface area contributed by atoms with Crippen molar-refractivity contribution < 1.29 is 23.8 Å². The van der Waals surface area contributed by atoms with Crippen molar-refractivity contribution in [2.45, 2.75) is 33.8 Å². The first kappa shape index (κ1) is 20.3. The molecule has 144 valence electrons. The van der Waals surface area contributed by atoms with Crippen LogP contribution in [0.3, 0.4) is 0 Å². The van der Waals surface area contributed by atoms with Crippen molar-refractivity contribution in [3.05, 3.63) is 52.6 Å². The molecule has 1 N–H and O–H groups in total. The summed E-state index contributed by atoms with van der Waals surface area (Å²) in [5.41, 5.74) is 4.25. The number of carbonyl (C=O) groups is 2. The van der Waals surface area contributed by atoms with Gasteiger partial charge >= 0.3 is 5.97 Å². The van der Waals surface area contributed by atoms with Gasteiger partial charge in [-0.2, -0.15) is 0 Å². The summed E-state index contributed by atoms with van der Waals surface area (Å²) in [4.78, 5) is 24.2. The molecule has 0 spiro atoms. The summed E-state index contributed by atoms with van der Waals surface area (Å²) in [6.07, 6.45) is -0.761. The number of hydrogen-bond donors (Lipinski definition) is 1. The molecular weight excluding hydrogens is 346 g/mol. The first-order valence-corrected chi connectivity index (χ1v) is 8.58. The number of hydrogen-bond acceptors (Lipinski definition) is 5. The van der Waals surface area contributed by atoms with Crippen LogP contribution in [0.2, 0.25) is 0 Å². The van der Waals surface area contributed by atoms with Gasteiger partial charge in [-0.15, -0.1) is 0 Å². The summed E-state index contributed by atoms with van der Waals surface area (Å²) >= 11 is 0. The van der Waals surface area contributed by atoms with Crippen molar-refractivity contribution >= 4 is 17.6 Å². The van der Waals surface area contributed by atoms with Crippen LogP contribution in [0, 0.1) is 20.8 Å². The van der Waals surface area contributed by atoms with Gasteiger partial charge in [-0.3, -0.25) is 4.79 Å². The van der Waals surface area contributed by atoms with E-state index in [4.69, 9.17) is 14.2 Å². The van der Waals surface area contributed by atoms with Gasteiger partial charge < -0.3 is 19.5 Å². The third kappa shape index (κ3) is 4.78. The van der Waals surface area contributed by atoms with Crippen molar-refractivity contribution in [3.8, 4) is 11.5 Å². The minimum atomic E-state index is -0.761. The Morgan fingerprint density at radius 2 is 1.59 bits per heavy atom. The lowest BCUT2D eigenvalue weighted by molar-refractivity contribution is -0.122. The Labute approximate surface area is 159 Å². The van der Waals surface area contributed by atoms with E-state index in [1.807, 2.05) is 32.9 Å². The largest absolute Gasteiger partial charge is 0.493 e. The van der Waals surface area contributed by atoms with Crippen molar-refractivity contribution in [1.82, 2.24) is 0 Å². The molecule has 27 heavy (non-hydrogen) atoms. The summed E-state index contributed by atoms with van der Waals surface area (Å²) in [5.74, 6) is -0.0366. The van der Waals surface area contributed by atoms with E-state index in [-0.39, 0.29) is 5.91 Å². The van der Waals surface area contributed by atoms with E-state index in [0.717, 1.165) is 22.4 Å². The number of anilines is 1. The van der Waals surface area contributed by atoms with E-state index in [9.17, 15) is 9.59 Å². The van der Waals surface area contributed by atoms with Crippen molar-refractivity contribution in [1.29, 1.82) is 0 Å². The van der Waals surface area contributed by atoms with Crippen LogP contribution >= 0.6 is 0 Å². The third-order valence-corrected chi connectivity index (χ3v) is 4.18. The SMILES string of the molecule is COC(=O)c1ccc(O[C@@H](C)C(=O)Nc2c(C)cc(C)cc2C)c(OC)c1. The van der Waals surface area contributed by atoms with Gasteiger partial charge in [-0.25, -0.2) is 4.79 Å². The first-order valence-electron chi connectivity index (χ1n) is 8.58. The molecule has 6 heteroatoms. The molecule has 0 heterocycles. The quantitative estimate of drug-likeness (QED) is 0.782. The van der Waals surface area contributed by atoms with Gasteiger partial charge in [0.15, 0.2) is 17.6 Å². The van der Waals surface area contributed by atoms with Gasteiger partial charge in [0, 0.05) is 5.69 Å². The van der Waals surface area contributed by atoms with E-state index >= 15 is 0 Å². The highest BCUT2D eigenvalue weighted by Gasteiger charge is 2.19. The number of amides is 1. The van der Waals surface area contributed by atoms with Gasteiger partial charge in [0.1, 0.15) is 0 Å². The lowest BCUT2D eigenvalue weighted by atomic mass is 10.0. The van der Waals surface area contributed by atoms with Crippen LogP contribution in [0.15, 0.2) is 30.3 Å². The topological polar surface area (TPSA) is 73.9 Å². The molecule has 0 unspecified atom stereocenters. The summed E-state index contributed by atoms with van der Waals surface area (Å²) < 4.78 is 15.7. The molecule has 0 aromatic heterocycles. The average Bonchev–Trinajstić information content (AvgIpc) is 2.63. The fraction of sp³-hybridized carbons (Fsp3) is 0.333. The Hall–Kier alpha value is -3.02. The lowest BCUT2D eigenvalue weighted by Crippen LogP contribution is -2.30. The smallest absolute Gasteiger partial charge is 0.337 e. The Bertz CT molecular complexity index is 837. The van der Waals surface area contributed by atoms with E-state index < -0.39 is 12.1 Å². The van der Waals surface area contributed by atoms with Gasteiger partial charge in [-0.05, 0) is 57.0 Å². The third-order valence-electron chi connectivity index (χ3n) is 4.18. The van der Waals surface area contributed by atoms with Crippen LogP contribution in [-0.2, 0) is 9.53 Å². The molecule has 0 bridgehead atoms. The molecule has 0 aliphatic carbocycles. The molecule has 2 rings (SSSR count). The van der Waals surface area contributed by atoms with Crippen LogP contribution in [0.4, 0.5) is 5.69 Å². The molecule has 1 atom stereocenters. The summed E-state index contributed by atoms with van der Waals surface area (Å²) in [6, 6.07) is 8.69. The Balaban J connectivity index is 2.16. The number of aryl methyl sites for hydroxylation is 3. The molecule has 0 aliphatic heterocycles. The van der Waals surface area contributed by atoms with E-state index in [2.05, 4.69) is 5.32 Å². The highest BCUT2D eigenvalue weighted by atomic mass is 16.5. The Morgan fingerprint density at radius 3 is 2.15 bits per heavy atom. The zero-order chi connectivity index (χ0) is 20.1. The Morgan fingerprint density at radius 1 is 0.963 bits per heavy atom. The molecule has 2 aromatic rings. The van der Waals surface area contributed by atoms with Crippen molar-refractivity contribution in [3.63, 3.8) is 0 Å². The summed E-state index contributed by atoms with van der Waals surface area (Å²) in [6.45, 7) is 7.58. The Kier molecular flexibility index (Phi) is 6.45. The zero-order valence-corrected chi connectivity index (χ0v) is 16.5. The maximum atomic E-state index is 12.6. The number of ether oxygens (including phenoxy) is 3. The summed E-state index contributed by atoms with van der Waals surface area (Å²) in [7, 11) is 2.77. The molecule has 0 aliphatic rings. The lowest BCUT2D eigenvalue weighted by Gasteiger charge is -2.19. The van der Waals surface area contributed by atoms with Gasteiger partial charge in [0.2, 0.25) is 0 Å². The zero-order valence-electron chi connectivity index (χ0n) is 16.5. The summed E-state index contributed by atoms with van der Waals surface area (Å²) in [5, 5.41) is 2.92. The van der Waals surface area contributed by atoms with Crippen LogP contribution < -0.4 is 14.8 Å². The molecule has 0 saturated heterocycles.